The molecule has 156 valence electrons. The average Bonchev–Trinajstić information content (AvgIpc) is 3.36. The van der Waals surface area contributed by atoms with Gasteiger partial charge in [0.15, 0.2) is 0 Å². The van der Waals surface area contributed by atoms with Gasteiger partial charge in [-0.2, -0.15) is 5.10 Å². The largest absolute Gasteiger partial charge is 0.338 e. The molecule has 30 heavy (non-hydrogen) atoms. The zero-order valence-corrected chi connectivity index (χ0v) is 16.8. The summed E-state index contributed by atoms with van der Waals surface area (Å²) in [5.41, 5.74) is 1.34. The fourth-order valence-electron chi connectivity index (χ4n) is 3.30. The number of halogens is 2. The van der Waals surface area contributed by atoms with Crippen molar-refractivity contribution in [3.05, 3.63) is 52.8 Å². The summed E-state index contributed by atoms with van der Waals surface area (Å²) < 4.78 is 16.0. The molecule has 1 saturated heterocycles. The van der Waals surface area contributed by atoms with Crippen molar-refractivity contribution in [2.45, 2.75) is 13.5 Å². The number of benzene rings is 1. The number of aryl methyl sites for hydroxylation is 1. The fraction of sp³-hybridized carbons (Fsp3) is 0.333. The van der Waals surface area contributed by atoms with Gasteiger partial charge < -0.3 is 9.80 Å². The van der Waals surface area contributed by atoms with Gasteiger partial charge in [-0.1, -0.05) is 11.6 Å². The van der Waals surface area contributed by atoms with E-state index >= 15 is 0 Å². The minimum Gasteiger partial charge on any atom is -0.338 e. The fourth-order valence-corrected chi connectivity index (χ4v) is 3.66. The van der Waals surface area contributed by atoms with E-state index in [1.54, 1.807) is 16.7 Å². The van der Waals surface area contributed by atoms with Crippen molar-refractivity contribution < 1.29 is 14.0 Å². The quantitative estimate of drug-likeness (QED) is 0.608. The standard InChI is InChI=1S/C18H18ClFN8O2/c1-12-16(17(19)28(22-12)14-4-2-13(20)3-5-14)18(30)26-8-6-25(7-9-26)15(29)10-27-11-21-23-24-27/h2-5,11H,6-10H2,1H3. The molecule has 1 aliphatic rings. The summed E-state index contributed by atoms with van der Waals surface area (Å²) in [6, 6.07) is 5.68. The minimum absolute atomic E-state index is 0.0519. The van der Waals surface area contributed by atoms with Gasteiger partial charge in [-0.3, -0.25) is 9.59 Å². The molecule has 0 bridgehead atoms. The Balaban J connectivity index is 1.44. The van der Waals surface area contributed by atoms with Crippen molar-refractivity contribution >= 4 is 23.4 Å². The number of nitrogens with zero attached hydrogens (tertiary/aromatic N) is 8. The predicted octanol–water partition coefficient (Wildman–Crippen LogP) is 0.944. The van der Waals surface area contributed by atoms with E-state index in [1.165, 1.54) is 40.0 Å². The smallest absolute Gasteiger partial charge is 0.259 e. The molecule has 0 unspecified atom stereocenters. The molecule has 1 aromatic carbocycles. The highest BCUT2D eigenvalue weighted by Gasteiger charge is 2.29. The number of aromatic nitrogens is 6. The van der Waals surface area contributed by atoms with Gasteiger partial charge in [-0.15, -0.1) is 5.10 Å². The van der Waals surface area contributed by atoms with Crippen LogP contribution in [0.15, 0.2) is 30.6 Å². The molecule has 2 amide bonds. The summed E-state index contributed by atoms with van der Waals surface area (Å²) in [5, 5.41) is 15.2. The SMILES string of the molecule is Cc1nn(-c2ccc(F)cc2)c(Cl)c1C(=O)N1CCN(C(=O)Cn2cnnn2)CC1. The van der Waals surface area contributed by atoms with Gasteiger partial charge in [0.05, 0.1) is 16.9 Å². The van der Waals surface area contributed by atoms with Crippen LogP contribution in [-0.2, 0) is 11.3 Å². The molecular weight excluding hydrogens is 415 g/mol. The molecule has 0 aliphatic carbocycles. The highest BCUT2D eigenvalue weighted by Crippen LogP contribution is 2.25. The first-order valence-corrected chi connectivity index (χ1v) is 9.60. The number of carbonyl (C=O) groups excluding carboxylic acids is 2. The lowest BCUT2D eigenvalue weighted by Gasteiger charge is -2.34. The maximum atomic E-state index is 13.2. The Bertz CT molecular complexity index is 1060. The summed E-state index contributed by atoms with van der Waals surface area (Å²) in [7, 11) is 0. The monoisotopic (exact) mass is 432 g/mol. The topological polar surface area (TPSA) is 102 Å². The van der Waals surface area contributed by atoms with Crippen LogP contribution in [0.25, 0.3) is 5.69 Å². The van der Waals surface area contributed by atoms with E-state index in [2.05, 4.69) is 20.6 Å². The first-order valence-electron chi connectivity index (χ1n) is 9.23. The third kappa shape index (κ3) is 3.88. The van der Waals surface area contributed by atoms with Crippen LogP contribution in [-0.4, -0.2) is 77.8 Å². The van der Waals surface area contributed by atoms with Crippen molar-refractivity contribution in [2.75, 3.05) is 26.2 Å². The maximum Gasteiger partial charge on any atom is 0.259 e. The number of tetrazole rings is 1. The Kier molecular flexibility index (Phi) is 5.44. The van der Waals surface area contributed by atoms with Gasteiger partial charge in [0.1, 0.15) is 23.8 Å². The Labute approximate surface area is 175 Å². The molecule has 0 spiro atoms. The van der Waals surface area contributed by atoms with E-state index in [1.807, 2.05) is 0 Å². The summed E-state index contributed by atoms with van der Waals surface area (Å²) in [6.07, 6.45) is 1.38. The highest BCUT2D eigenvalue weighted by molar-refractivity contribution is 6.33. The lowest BCUT2D eigenvalue weighted by molar-refractivity contribution is -0.133. The van der Waals surface area contributed by atoms with Crippen LogP contribution in [0.1, 0.15) is 16.1 Å². The third-order valence-corrected chi connectivity index (χ3v) is 5.25. The first-order chi connectivity index (χ1) is 14.4. The molecule has 0 radical (unpaired) electrons. The van der Waals surface area contributed by atoms with Crippen molar-refractivity contribution in [3.8, 4) is 5.69 Å². The second-order valence-electron chi connectivity index (χ2n) is 6.82. The number of hydrogen-bond donors (Lipinski definition) is 0. The predicted molar refractivity (Wildman–Crippen MR) is 104 cm³/mol. The molecule has 10 nitrogen and oxygen atoms in total. The van der Waals surface area contributed by atoms with E-state index < -0.39 is 0 Å². The van der Waals surface area contributed by atoms with Crippen LogP contribution in [0, 0.1) is 12.7 Å². The van der Waals surface area contributed by atoms with Crippen LogP contribution in [0.3, 0.4) is 0 Å². The lowest BCUT2D eigenvalue weighted by atomic mass is 10.2. The van der Waals surface area contributed by atoms with Gasteiger partial charge in [0.2, 0.25) is 5.91 Å². The van der Waals surface area contributed by atoms with Crippen LogP contribution < -0.4 is 0 Å². The van der Waals surface area contributed by atoms with Gasteiger partial charge in [0, 0.05) is 26.2 Å². The summed E-state index contributed by atoms with van der Waals surface area (Å²) in [4.78, 5) is 28.7. The number of hydrogen-bond acceptors (Lipinski definition) is 6. The molecule has 0 atom stereocenters. The normalized spacial score (nSPS) is 14.2. The van der Waals surface area contributed by atoms with Crippen LogP contribution in [0.2, 0.25) is 5.15 Å². The second kappa shape index (κ2) is 8.19. The molecule has 0 N–H and O–H groups in total. The zero-order valence-electron chi connectivity index (χ0n) is 16.1. The summed E-state index contributed by atoms with van der Waals surface area (Å²) in [5.74, 6) is -0.742. The Morgan fingerprint density at radius 2 is 1.77 bits per heavy atom. The molecule has 1 aliphatic heterocycles. The summed E-state index contributed by atoms with van der Waals surface area (Å²) in [6.45, 7) is 3.29. The Morgan fingerprint density at radius 1 is 1.10 bits per heavy atom. The van der Waals surface area contributed by atoms with E-state index in [-0.39, 0.29) is 29.3 Å². The van der Waals surface area contributed by atoms with E-state index in [0.717, 1.165) is 0 Å². The van der Waals surface area contributed by atoms with Gasteiger partial charge in [0.25, 0.3) is 5.91 Å². The van der Waals surface area contributed by atoms with Crippen LogP contribution in [0.4, 0.5) is 4.39 Å². The molecule has 0 saturated carbocycles. The summed E-state index contributed by atoms with van der Waals surface area (Å²) >= 11 is 6.45. The highest BCUT2D eigenvalue weighted by atomic mass is 35.5. The molecule has 3 aromatic rings. The van der Waals surface area contributed by atoms with Crippen molar-refractivity contribution in [1.82, 2.24) is 39.8 Å². The average molecular weight is 433 g/mol. The second-order valence-corrected chi connectivity index (χ2v) is 7.18. The molecular formula is C18H18ClFN8O2. The van der Waals surface area contributed by atoms with Gasteiger partial charge in [-0.05, 0) is 41.6 Å². The molecule has 1 fully saturated rings. The number of amides is 2. The van der Waals surface area contributed by atoms with E-state index in [4.69, 9.17) is 11.6 Å². The minimum atomic E-state index is -0.373. The van der Waals surface area contributed by atoms with Crippen LogP contribution in [0.5, 0.6) is 0 Å². The number of carbonyl (C=O) groups is 2. The lowest BCUT2D eigenvalue weighted by Crippen LogP contribution is -2.51. The Hall–Kier alpha value is -3.34. The van der Waals surface area contributed by atoms with E-state index in [0.29, 0.717) is 43.1 Å². The first kappa shape index (κ1) is 20.0. The molecule has 2 aromatic heterocycles. The number of piperazine rings is 1. The van der Waals surface area contributed by atoms with Crippen LogP contribution >= 0.6 is 11.6 Å². The number of rotatable bonds is 4. The zero-order chi connectivity index (χ0) is 21.3. The molecule has 12 heteroatoms. The van der Waals surface area contributed by atoms with Crippen molar-refractivity contribution in [3.63, 3.8) is 0 Å². The Morgan fingerprint density at radius 3 is 2.40 bits per heavy atom. The third-order valence-electron chi connectivity index (χ3n) is 4.90. The van der Waals surface area contributed by atoms with Crippen molar-refractivity contribution in [1.29, 1.82) is 0 Å². The maximum absolute atomic E-state index is 13.2. The van der Waals surface area contributed by atoms with E-state index in [9.17, 15) is 14.0 Å². The van der Waals surface area contributed by atoms with Gasteiger partial charge in [-0.25, -0.2) is 13.8 Å². The molecule has 4 rings (SSSR count). The molecule has 3 heterocycles. The van der Waals surface area contributed by atoms with Crippen molar-refractivity contribution in [2.24, 2.45) is 0 Å². The van der Waals surface area contributed by atoms with Gasteiger partial charge >= 0.3 is 0 Å².